The zero-order chi connectivity index (χ0) is 17.3. The number of aryl methyl sites for hydroxylation is 1. The molecule has 0 aliphatic heterocycles. The molecular weight excluding hydrogens is 388 g/mol. The lowest BCUT2D eigenvalue weighted by atomic mass is 10.1. The van der Waals surface area contributed by atoms with Crippen molar-refractivity contribution in [2.24, 2.45) is 0 Å². The van der Waals surface area contributed by atoms with Crippen LogP contribution in [0.2, 0.25) is 0 Å². The molecule has 1 heterocycles. The summed E-state index contributed by atoms with van der Waals surface area (Å²) in [5, 5.41) is 0.937. The van der Waals surface area contributed by atoms with E-state index in [0.717, 1.165) is 20.9 Å². The molecule has 124 valence electrons. The van der Waals surface area contributed by atoms with Gasteiger partial charge in [0.05, 0.1) is 17.0 Å². The Hall–Kier alpha value is -1.92. The van der Waals surface area contributed by atoms with Gasteiger partial charge in [0.25, 0.3) is 0 Å². The van der Waals surface area contributed by atoms with E-state index in [9.17, 15) is 8.42 Å². The maximum absolute atomic E-state index is 12.8. The number of para-hydroxylation sites is 1. The molecule has 0 fully saturated rings. The average Bonchev–Trinajstić information content (AvgIpc) is 2.57. The normalized spacial score (nSPS) is 11.6. The van der Waals surface area contributed by atoms with Crippen LogP contribution in [0.1, 0.15) is 11.1 Å². The van der Waals surface area contributed by atoms with Gasteiger partial charge in [0.2, 0.25) is 10.0 Å². The number of rotatable bonds is 4. The average molecular weight is 405 g/mol. The molecule has 0 N–H and O–H groups in total. The van der Waals surface area contributed by atoms with Crippen molar-refractivity contribution in [3.63, 3.8) is 0 Å². The first-order valence-corrected chi connectivity index (χ1v) is 9.84. The highest BCUT2D eigenvalue weighted by Gasteiger charge is 2.21. The Labute approximate surface area is 150 Å². The third-order valence-electron chi connectivity index (χ3n) is 3.98. The molecule has 0 saturated heterocycles. The van der Waals surface area contributed by atoms with E-state index in [1.165, 1.54) is 4.31 Å². The summed E-state index contributed by atoms with van der Waals surface area (Å²) in [6.07, 6.45) is 1.68. The smallest absolute Gasteiger partial charge is 0.239 e. The number of anilines is 1. The van der Waals surface area contributed by atoms with Crippen molar-refractivity contribution in [3.05, 3.63) is 70.3 Å². The van der Waals surface area contributed by atoms with Gasteiger partial charge in [-0.3, -0.25) is 9.29 Å². The fourth-order valence-electron chi connectivity index (χ4n) is 2.56. The molecular formula is C18H17BrN2O2S. The van der Waals surface area contributed by atoms with Crippen LogP contribution in [0, 0.1) is 6.92 Å². The van der Waals surface area contributed by atoms with E-state index in [4.69, 9.17) is 0 Å². The summed E-state index contributed by atoms with van der Waals surface area (Å²) in [7, 11) is -1.93. The lowest BCUT2D eigenvalue weighted by molar-refractivity contribution is 0.593. The number of aromatic nitrogens is 1. The van der Waals surface area contributed by atoms with E-state index < -0.39 is 10.0 Å². The number of hydrogen-bond donors (Lipinski definition) is 0. The standard InChI is InChI=1S/C18H17BrN2O2S/c1-13-11-16(8-9-17(13)19)21(2)24(22,23)12-15-6-3-5-14-7-4-10-20-18(14)15/h3-11H,12H2,1-2H3. The molecule has 4 nitrogen and oxygen atoms in total. The second kappa shape index (κ2) is 6.53. The lowest BCUT2D eigenvalue weighted by Crippen LogP contribution is -2.28. The van der Waals surface area contributed by atoms with Gasteiger partial charge in [-0.1, -0.05) is 40.2 Å². The van der Waals surface area contributed by atoms with Crippen LogP contribution in [0.15, 0.2) is 59.2 Å². The zero-order valence-electron chi connectivity index (χ0n) is 13.4. The van der Waals surface area contributed by atoms with E-state index in [1.807, 2.05) is 49.4 Å². The summed E-state index contributed by atoms with van der Waals surface area (Å²) in [4.78, 5) is 4.33. The minimum atomic E-state index is -3.51. The largest absolute Gasteiger partial charge is 0.273 e. The molecule has 24 heavy (non-hydrogen) atoms. The van der Waals surface area contributed by atoms with Crippen molar-refractivity contribution >= 4 is 42.5 Å². The van der Waals surface area contributed by atoms with Gasteiger partial charge < -0.3 is 0 Å². The maximum Gasteiger partial charge on any atom is 0.239 e. The van der Waals surface area contributed by atoms with Crippen LogP contribution < -0.4 is 4.31 Å². The van der Waals surface area contributed by atoms with Gasteiger partial charge in [0, 0.05) is 23.1 Å². The van der Waals surface area contributed by atoms with Gasteiger partial charge in [-0.05, 0) is 42.3 Å². The maximum atomic E-state index is 12.8. The van der Waals surface area contributed by atoms with Crippen molar-refractivity contribution in [2.45, 2.75) is 12.7 Å². The van der Waals surface area contributed by atoms with E-state index in [2.05, 4.69) is 20.9 Å². The highest BCUT2D eigenvalue weighted by Crippen LogP contribution is 2.26. The molecule has 0 amide bonds. The van der Waals surface area contributed by atoms with Crippen molar-refractivity contribution < 1.29 is 8.42 Å². The quantitative estimate of drug-likeness (QED) is 0.652. The second-order valence-corrected chi connectivity index (χ2v) is 8.50. The minimum Gasteiger partial charge on any atom is -0.273 e. The van der Waals surface area contributed by atoms with Gasteiger partial charge in [-0.15, -0.1) is 0 Å². The number of nitrogens with zero attached hydrogens (tertiary/aromatic N) is 2. The van der Waals surface area contributed by atoms with Crippen LogP contribution in [0.5, 0.6) is 0 Å². The zero-order valence-corrected chi connectivity index (χ0v) is 15.8. The molecule has 0 aliphatic carbocycles. The van der Waals surface area contributed by atoms with Crippen molar-refractivity contribution in [3.8, 4) is 0 Å². The first kappa shape index (κ1) is 16.9. The van der Waals surface area contributed by atoms with Gasteiger partial charge in [-0.2, -0.15) is 0 Å². The summed E-state index contributed by atoms with van der Waals surface area (Å²) >= 11 is 3.43. The Kier molecular flexibility index (Phi) is 4.60. The van der Waals surface area contributed by atoms with Gasteiger partial charge >= 0.3 is 0 Å². The Bertz CT molecular complexity index is 998. The molecule has 1 aromatic heterocycles. The molecule has 0 bridgehead atoms. The summed E-state index contributed by atoms with van der Waals surface area (Å²) in [6, 6.07) is 14.9. The lowest BCUT2D eigenvalue weighted by Gasteiger charge is -2.20. The summed E-state index contributed by atoms with van der Waals surface area (Å²) < 4.78 is 27.9. The molecule has 0 radical (unpaired) electrons. The minimum absolute atomic E-state index is 0.0903. The fraction of sp³-hybridized carbons (Fsp3) is 0.167. The van der Waals surface area contributed by atoms with Crippen molar-refractivity contribution in [1.82, 2.24) is 4.98 Å². The Morgan fingerprint density at radius 1 is 1.12 bits per heavy atom. The van der Waals surface area contributed by atoms with Crippen molar-refractivity contribution in [1.29, 1.82) is 0 Å². The monoisotopic (exact) mass is 404 g/mol. The molecule has 0 saturated carbocycles. The van der Waals surface area contributed by atoms with Crippen LogP contribution in [-0.2, 0) is 15.8 Å². The van der Waals surface area contributed by atoms with Gasteiger partial charge in [-0.25, -0.2) is 8.42 Å². The molecule has 0 atom stereocenters. The Balaban J connectivity index is 1.96. The van der Waals surface area contributed by atoms with Crippen LogP contribution >= 0.6 is 15.9 Å². The van der Waals surface area contributed by atoms with Gasteiger partial charge in [0.1, 0.15) is 0 Å². The van der Waals surface area contributed by atoms with Crippen molar-refractivity contribution in [2.75, 3.05) is 11.4 Å². The third kappa shape index (κ3) is 3.30. The number of fused-ring (bicyclic) bond motifs is 1. The number of sulfonamides is 1. The predicted octanol–water partition coefficient (Wildman–Crippen LogP) is 4.27. The van der Waals surface area contributed by atoms with E-state index in [1.54, 1.807) is 19.3 Å². The number of benzene rings is 2. The van der Waals surface area contributed by atoms with Crippen LogP contribution in [-0.4, -0.2) is 20.4 Å². The topological polar surface area (TPSA) is 50.3 Å². The fourth-order valence-corrected chi connectivity index (χ4v) is 4.06. The first-order chi connectivity index (χ1) is 11.4. The molecule has 0 unspecified atom stereocenters. The van der Waals surface area contributed by atoms with Gasteiger partial charge in [0.15, 0.2) is 0 Å². The third-order valence-corrected chi connectivity index (χ3v) is 6.59. The number of halogens is 1. The van der Waals surface area contributed by atoms with Crippen LogP contribution in [0.4, 0.5) is 5.69 Å². The van der Waals surface area contributed by atoms with Crippen LogP contribution in [0.3, 0.4) is 0 Å². The molecule has 3 rings (SSSR count). The highest BCUT2D eigenvalue weighted by atomic mass is 79.9. The first-order valence-electron chi connectivity index (χ1n) is 7.44. The summed E-state index contributed by atoms with van der Waals surface area (Å²) in [5.41, 5.74) is 3.06. The SMILES string of the molecule is Cc1cc(N(C)S(=O)(=O)Cc2cccc3cccnc23)ccc1Br. The molecule has 0 aliphatic rings. The predicted molar refractivity (Wildman–Crippen MR) is 102 cm³/mol. The molecule has 2 aromatic carbocycles. The van der Waals surface area contributed by atoms with Crippen LogP contribution in [0.25, 0.3) is 10.9 Å². The Morgan fingerprint density at radius 2 is 1.88 bits per heavy atom. The highest BCUT2D eigenvalue weighted by molar-refractivity contribution is 9.10. The second-order valence-electron chi connectivity index (χ2n) is 5.65. The number of hydrogen-bond acceptors (Lipinski definition) is 3. The van der Waals surface area contributed by atoms with E-state index >= 15 is 0 Å². The molecule has 3 aromatic rings. The van der Waals surface area contributed by atoms with E-state index in [0.29, 0.717) is 11.3 Å². The summed E-state index contributed by atoms with van der Waals surface area (Å²) in [5.74, 6) is -0.0903. The Morgan fingerprint density at radius 3 is 2.62 bits per heavy atom. The number of pyridine rings is 1. The molecule has 0 spiro atoms. The summed E-state index contributed by atoms with van der Waals surface area (Å²) in [6.45, 7) is 1.93. The van der Waals surface area contributed by atoms with E-state index in [-0.39, 0.29) is 5.75 Å². The molecule has 6 heteroatoms.